The number of aryl methyl sites for hydroxylation is 2. The molecule has 0 heterocycles. The van der Waals surface area contributed by atoms with Gasteiger partial charge in [-0.3, -0.25) is 0 Å². The fraction of sp³-hybridized carbons (Fsp3) is 0.600. The van der Waals surface area contributed by atoms with Crippen molar-refractivity contribution in [3.05, 3.63) is 34.9 Å². The quantitative estimate of drug-likeness (QED) is 0.722. The van der Waals surface area contributed by atoms with Crippen molar-refractivity contribution in [2.45, 2.75) is 40.5 Å². The Morgan fingerprint density at radius 2 is 1.75 bits per heavy atom. The summed E-state index contributed by atoms with van der Waals surface area (Å²) in [6, 6.07) is 6.86. The van der Waals surface area contributed by atoms with Crippen molar-refractivity contribution in [1.82, 2.24) is 5.32 Å². The predicted molar refractivity (Wildman–Crippen MR) is 71.9 cm³/mol. The lowest BCUT2D eigenvalue weighted by Crippen LogP contribution is -2.23. The molecule has 0 spiro atoms. The van der Waals surface area contributed by atoms with Crippen molar-refractivity contribution in [3.63, 3.8) is 0 Å². The molecule has 0 fully saturated rings. The van der Waals surface area contributed by atoms with E-state index in [-0.39, 0.29) is 0 Å². The van der Waals surface area contributed by atoms with Crippen molar-refractivity contribution in [2.75, 3.05) is 13.1 Å². The molecule has 1 aromatic rings. The lowest BCUT2D eigenvalue weighted by Gasteiger charge is -2.13. The van der Waals surface area contributed by atoms with Crippen LogP contribution in [0.15, 0.2) is 18.2 Å². The Bertz CT molecular complexity index is 297. The van der Waals surface area contributed by atoms with E-state index in [9.17, 15) is 0 Å². The summed E-state index contributed by atoms with van der Waals surface area (Å²) in [5.74, 6) is 0.716. The molecule has 0 aromatic heterocycles. The second kappa shape index (κ2) is 6.70. The molecular formula is C15H25N. The first-order valence-corrected chi connectivity index (χ1v) is 6.39. The van der Waals surface area contributed by atoms with Crippen LogP contribution in [0.25, 0.3) is 0 Å². The van der Waals surface area contributed by atoms with E-state index < -0.39 is 0 Å². The number of rotatable bonds is 6. The summed E-state index contributed by atoms with van der Waals surface area (Å²) in [4.78, 5) is 0. The molecule has 0 amide bonds. The molecule has 0 saturated carbocycles. The largest absolute Gasteiger partial charge is 0.316 e. The normalized spacial score (nSPS) is 12.8. The van der Waals surface area contributed by atoms with Crippen LogP contribution in [0.2, 0.25) is 0 Å². The van der Waals surface area contributed by atoms with E-state index in [2.05, 4.69) is 51.2 Å². The Morgan fingerprint density at radius 3 is 2.31 bits per heavy atom. The minimum atomic E-state index is 0.716. The molecule has 0 aliphatic heterocycles. The van der Waals surface area contributed by atoms with Gasteiger partial charge in [0, 0.05) is 0 Å². The Hall–Kier alpha value is -0.820. The van der Waals surface area contributed by atoms with Crippen molar-refractivity contribution >= 4 is 0 Å². The highest BCUT2D eigenvalue weighted by Crippen LogP contribution is 2.13. The minimum absolute atomic E-state index is 0.716. The van der Waals surface area contributed by atoms with Crippen LogP contribution in [0, 0.1) is 19.8 Å². The van der Waals surface area contributed by atoms with Gasteiger partial charge >= 0.3 is 0 Å². The molecule has 0 aliphatic rings. The maximum absolute atomic E-state index is 3.48. The summed E-state index contributed by atoms with van der Waals surface area (Å²) in [7, 11) is 0. The fourth-order valence-corrected chi connectivity index (χ4v) is 2.19. The van der Waals surface area contributed by atoms with Gasteiger partial charge in [0.25, 0.3) is 0 Å². The molecule has 0 saturated heterocycles. The van der Waals surface area contributed by atoms with Crippen molar-refractivity contribution < 1.29 is 0 Å². The molecule has 1 atom stereocenters. The van der Waals surface area contributed by atoms with Gasteiger partial charge in [-0.05, 0) is 51.3 Å². The number of hydrogen-bond donors (Lipinski definition) is 1. The zero-order valence-electron chi connectivity index (χ0n) is 11.1. The smallest absolute Gasteiger partial charge is 0.00200 e. The highest BCUT2D eigenvalue weighted by atomic mass is 14.8. The van der Waals surface area contributed by atoms with Crippen LogP contribution in [0.1, 0.15) is 37.0 Å². The molecular weight excluding hydrogens is 194 g/mol. The number of nitrogens with one attached hydrogen (secondary N) is 1. The van der Waals surface area contributed by atoms with Gasteiger partial charge in [0.15, 0.2) is 0 Å². The average Bonchev–Trinajstić information content (AvgIpc) is 2.16. The van der Waals surface area contributed by atoms with Crippen LogP contribution in [-0.2, 0) is 6.42 Å². The summed E-state index contributed by atoms with van der Waals surface area (Å²) in [6.45, 7) is 11.1. The summed E-state index contributed by atoms with van der Waals surface area (Å²) in [6.07, 6.45) is 2.40. The minimum Gasteiger partial charge on any atom is -0.316 e. The Labute approximate surface area is 100 Å². The van der Waals surface area contributed by atoms with E-state index in [1.165, 1.54) is 29.5 Å². The van der Waals surface area contributed by atoms with Crippen LogP contribution >= 0.6 is 0 Å². The van der Waals surface area contributed by atoms with E-state index in [1.54, 1.807) is 0 Å². The molecule has 0 aliphatic carbocycles. The Balaban J connectivity index is 2.45. The van der Waals surface area contributed by atoms with E-state index in [4.69, 9.17) is 0 Å². The SMILES string of the molecule is CCCNCC(C)Cc1cc(C)cc(C)c1. The first-order chi connectivity index (χ1) is 7.61. The fourth-order valence-electron chi connectivity index (χ4n) is 2.19. The van der Waals surface area contributed by atoms with Gasteiger partial charge in [0.1, 0.15) is 0 Å². The molecule has 0 bridgehead atoms. The van der Waals surface area contributed by atoms with Crippen LogP contribution in [0.5, 0.6) is 0 Å². The zero-order chi connectivity index (χ0) is 12.0. The van der Waals surface area contributed by atoms with Gasteiger partial charge in [0.05, 0.1) is 0 Å². The van der Waals surface area contributed by atoms with Crippen molar-refractivity contribution in [2.24, 2.45) is 5.92 Å². The molecule has 0 radical (unpaired) electrons. The third kappa shape index (κ3) is 4.80. The molecule has 16 heavy (non-hydrogen) atoms. The van der Waals surface area contributed by atoms with Crippen molar-refractivity contribution in [1.29, 1.82) is 0 Å². The molecule has 1 nitrogen and oxygen atoms in total. The first-order valence-electron chi connectivity index (χ1n) is 6.39. The van der Waals surface area contributed by atoms with E-state index in [0.717, 1.165) is 13.1 Å². The maximum Gasteiger partial charge on any atom is -0.00200 e. The van der Waals surface area contributed by atoms with E-state index in [1.807, 2.05) is 0 Å². The van der Waals surface area contributed by atoms with Gasteiger partial charge < -0.3 is 5.32 Å². The maximum atomic E-state index is 3.48. The lowest BCUT2D eigenvalue weighted by atomic mass is 9.98. The number of benzene rings is 1. The van der Waals surface area contributed by atoms with E-state index in [0.29, 0.717) is 5.92 Å². The zero-order valence-corrected chi connectivity index (χ0v) is 11.1. The molecule has 90 valence electrons. The topological polar surface area (TPSA) is 12.0 Å². The molecule has 1 rings (SSSR count). The molecule has 1 N–H and O–H groups in total. The second-order valence-electron chi connectivity index (χ2n) is 5.01. The number of hydrogen-bond acceptors (Lipinski definition) is 1. The van der Waals surface area contributed by atoms with Crippen molar-refractivity contribution in [3.8, 4) is 0 Å². The van der Waals surface area contributed by atoms with Gasteiger partial charge in [-0.15, -0.1) is 0 Å². The summed E-state index contributed by atoms with van der Waals surface area (Å²) in [5.41, 5.74) is 4.23. The standard InChI is InChI=1S/C15H25N/c1-5-6-16-11-14(4)10-15-8-12(2)7-13(3)9-15/h7-9,14,16H,5-6,10-11H2,1-4H3. The van der Waals surface area contributed by atoms with Crippen LogP contribution < -0.4 is 5.32 Å². The Kier molecular flexibility index (Phi) is 5.54. The van der Waals surface area contributed by atoms with Crippen LogP contribution in [0.4, 0.5) is 0 Å². The average molecular weight is 219 g/mol. The summed E-state index contributed by atoms with van der Waals surface area (Å²) < 4.78 is 0. The van der Waals surface area contributed by atoms with E-state index >= 15 is 0 Å². The van der Waals surface area contributed by atoms with Gasteiger partial charge in [-0.25, -0.2) is 0 Å². The highest BCUT2D eigenvalue weighted by molar-refractivity contribution is 5.28. The monoisotopic (exact) mass is 219 g/mol. The molecule has 1 heteroatoms. The van der Waals surface area contributed by atoms with Gasteiger partial charge in [-0.1, -0.05) is 43.2 Å². The first kappa shape index (κ1) is 13.2. The Morgan fingerprint density at radius 1 is 1.12 bits per heavy atom. The van der Waals surface area contributed by atoms with Crippen LogP contribution in [0.3, 0.4) is 0 Å². The highest BCUT2D eigenvalue weighted by Gasteiger charge is 2.04. The van der Waals surface area contributed by atoms with Crippen LogP contribution in [-0.4, -0.2) is 13.1 Å². The summed E-state index contributed by atoms with van der Waals surface area (Å²) in [5, 5.41) is 3.48. The molecule has 1 unspecified atom stereocenters. The third-order valence-corrected chi connectivity index (χ3v) is 2.79. The predicted octanol–water partition coefficient (Wildman–Crippen LogP) is 3.48. The van der Waals surface area contributed by atoms with Gasteiger partial charge in [0.2, 0.25) is 0 Å². The molecule has 1 aromatic carbocycles. The third-order valence-electron chi connectivity index (χ3n) is 2.79. The lowest BCUT2D eigenvalue weighted by molar-refractivity contribution is 0.510. The second-order valence-corrected chi connectivity index (χ2v) is 5.01. The summed E-state index contributed by atoms with van der Waals surface area (Å²) >= 11 is 0. The van der Waals surface area contributed by atoms with Gasteiger partial charge in [-0.2, -0.15) is 0 Å².